The molecule has 34 heavy (non-hydrogen) atoms. The number of benzene rings is 2. The average Bonchev–Trinajstić information content (AvgIpc) is 3.23. The summed E-state index contributed by atoms with van der Waals surface area (Å²) in [6, 6.07) is 19.5. The Morgan fingerprint density at radius 2 is 1.79 bits per heavy atom. The minimum Gasteiger partial charge on any atom is -0.474 e. The Labute approximate surface area is 198 Å². The Hall–Kier alpha value is -3.45. The highest BCUT2D eigenvalue weighted by Crippen LogP contribution is 2.44. The van der Waals surface area contributed by atoms with Gasteiger partial charge in [0.1, 0.15) is 18.5 Å². The molecule has 176 valence electrons. The standard InChI is InChI=1S/C27H28FN3O3/c1-27(2,31-26(32)33-16-17-6-4-3-5-7-17)19-12-23(18-8-10-20(28)11-9-18)30-24(13-19)34-25-21-14-29-15-22(21)25/h3-13,21-22,25,29H,14-16H2,1-2H3,(H,31,32). The predicted molar refractivity (Wildman–Crippen MR) is 127 cm³/mol. The lowest BCUT2D eigenvalue weighted by Gasteiger charge is -2.27. The smallest absolute Gasteiger partial charge is 0.408 e. The molecule has 0 spiro atoms. The Balaban J connectivity index is 1.36. The van der Waals surface area contributed by atoms with Crippen molar-refractivity contribution in [2.24, 2.45) is 11.8 Å². The zero-order chi connectivity index (χ0) is 23.7. The third-order valence-electron chi connectivity index (χ3n) is 6.56. The van der Waals surface area contributed by atoms with Crippen molar-refractivity contribution in [3.8, 4) is 17.1 Å². The number of fused-ring (bicyclic) bond motifs is 1. The van der Waals surface area contributed by atoms with Crippen molar-refractivity contribution in [1.82, 2.24) is 15.6 Å². The summed E-state index contributed by atoms with van der Waals surface area (Å²) in [5.74, 6) is 1.22. The average molecular weight is 462 g/mol. The number of alkyl carbamates (subject to hydrolysis) is 1. The summed E-state index contributed by atoms with van der Waals surface area (Å²) in [5.41, 5.74) is 2.40. The largest absolute Gasteiger partial charge is 0.474 e. The molecule has 1 aromatic heterocycles. The van der Waals surface area contributed by atoms with Crippen molar-refractivity contribution in [2.75, 3.05) is 13.1 Å². The number of nitrogens with one attached hydrogen (secondary N) is 2. The topological polar surface area (TPSA) is 72.5 Å². The quantitative estimate of drug-likeness (QED) is 0.536. The van der Waals surface area contributed by atoms with Crippen LogP contribution in [0.25, 0.3) is 11.3 Å². The normalized spacial score (nSPS) is 21.0. The molecular weight excluding hydrogens is 433 g/mol. The zero-order valence-electron chi connectivity index (χ0n) is 19.3. The number of halogens is 1. The minimum absolute atomic E-state index is 0.150. The fraction of sp³-hybridized carbons (Fsp3) is 0.333. The molecule has 0 radical (unpaired) electrons. The summed E-state index contributed by atoms with van der Waals surface area (Å²) in [7, 11) is 0. The number of rotatable bonds is 7. The molecule has 7 heteroatoms. The van der Waals surface area contributed by atoms with Gasteiger partial charge in [0.15, 0.2) is 0 Å². The van der Waals surface area contributed by atoms with Gasteiger partial charge in [0, 0.05) is 36.6 Å². The van der Waals surface area contributed by atoms with Crippen LogP contribution in [0, 0.1) is 17.7 Å². The molecule has 1 aliphatic carbocycles. The lowest BCUT2D eigenvalue weighted by atomic mass is 9.93. The maximum absolute atomic E-state index is 13.5. The molecule has 1 aliphatic heterocycles. The first kappa shape index (κ1) is 22.3. The lowest BCUT2D eigenvalue weighted by Crippen LogP contribution is -2.41. The fourth-order valence-electron chi connectivity index (χ4n) is 4.46. The van der Waals surface area contributed by atoms with Gasteiger partial charge >= 0.3 is 6.09 Å². The van der Waals surface area contributed by atoms with Gasteiger partial charge in [-0.2, -0.15) is 0 Å². The monoisotopic (exact) mass is 461 g/mol. The van der Waals surface area contributed by atoms with Crippen LogP contribution in [0.2, 0.25) is 0 Å². The molecule has 2 atom stereocenters. The lowest BCUT2D eigenvalue weighted by molar-refractivity contribution is 0.129. The second kappa shape index (κ2) is 9.06. The Kier molecular flexibility index (Phi) is 5.96. The number of pyridine rings is 1. The first-order valence-electron chi connectivity index (χ1n) is 11.5. The minimum atomic E-state index is -0.759. The van der Waals surface area contributed by atoms with E-state index in [9.17, 15) is 9.18 Å². The second-order valence-corrected chi connectivity index (χ2v) is 9.47. The number of nitrogens with zero attached hydrogens (tertiary/aromatic N) is 1. The van der Waals surface area contributed by atoms with Crippen molar-refractivity contribution >= 4 is 6.09 Å². The fourth-order valence-corrected chi connectivity index (χ4v) is 4.46. The van der Waals surface area contributed by atoms with Gasteiger partial charge in [-0.1, -0.05) is 30.3 Å². The van der Waals surface area contributed by atoms with Crippen LogP contribution in [-0.2, 0) is 16.9 Å². The van der Waals surface area contributed by atoms with Crippen molar-refractivity contribution < 1.29 is 18.7 Å². The third-order valence-corrected chi connectivity index (χ3v) is 6.56. The van der Waals surface area contributed by atoms with E-state index in [2.05, 4.69) is 10.6 Å². The number of ether oxygens (including phenoxy) is 2. The number of hydrogen-bond donors (Lipinski definition) is 2. The number of amides is 1. The van der Waals surface area contributed by atoms with Crippen LogP contribution in [0.3, 0.4) is 0 Å². The van der Waals surface area contributed by atoms with Gasteiger partial charge in [-0.3, -0.25) is 0 Å². The van der Waals surface area contributed by atoms with Crippen LogP contribution in [0.1, 0.15) is 25.0 Å². The SMILES string of the molecule is CC(C)(NC(=O)OCc1ccccc1)c1cc(OC2C3CNCC32)nc(-c2ccc(F)cc2)c1. The molecular formula is C27H28FN3O3. The van der Waals surface area contributed by atoms with Crippen molar-refractivity contribution in [3.05, 3.63) is 83.7 Å². The van der Waals surface area contributed by atoms with E-state index in [0.29, 0.717) is 23.4 Å². The number of piperidine rings is 1. The maximum atomic E-state index is 13.5. The summed E-state index contributed by atoms with van der Waals surface area (Å²) in [6.07, 6.45) is -0.365. The van der Waals surface area contributed by atoms with Crippen LogP contribution in [-0.4, -0.2) is 30.3 Å². The number of carbonyl (C=O) groups is 1. The van der Waals surface area contributed by atoms with E-state index in [0.717, 1.165) is 29.8 Å². The molecule has 2 fully saturated rings. The molecule has 5 rings (SSSR count). The number of aromatic nitrogens is 1. The van der Waals surface area contributed by atoms with Crippen LogP contribution in [0.5, 0.6) is 5.88 Å². The van der Waals surface area contributed by atoms with Crippen LogP contribution < -0.4 is 15.4 Å². The Morgan fingerprint density at radius 1 is 1.09 bits per heavy atom. The van der Waals surface area contributed by atoms with Crippen molar-refractivity contribution in [1.29, 1.82) is 0 Å². The zero-order valence-corrected chi connectivity index (χ0v) is 19.3. The van der Waals surface area contributed by atoms with E-state index < -0.39 is 11.6 Å². The van der Waals surface area contributed by atoms with Gasteiger partial charge in [-0.25, -0.2) is 14.2 Å². The molecule has 3 aromatic rings. The van der Waals surface area contributed by atoms with E-state index >= 15 is 0 Å². The first-order chi connectivity index (χ1) is 16.4. The molecule has 2 heterocycles. The summed E-state index contributed by atoms with van der Waals surface area (Å²) in [6.45, 7) is 5.91. The molecule has 2 aromatic carbocycles. The van der Waals surface area contributed by atoms with E-state index in [1.165, 1.54) is 12.1 Å². The van der Waals surface area contributed by atoms with E-state index in [1.54, 1.807) is 12.1 Å². The van der Waals surface area contributed by atoms with Crippen LogP contribution in [0.15, 0.2) is 66.7 Å². The highest BCUT2D eigenvalue weighted by atomic mass is 19.1. The molecule has 1 saturated carbocycles. The van der Waals surface area contributed by atoms with Gasteiger partial charge in [0.05, 0.1) is 11.2 Å². The van der Waals surface area contributed by atoms with Crippen LogP contribution in [0.4, 0.5) is 9.18 Å². The summed E-state index contributed by atoms with van der Waals surface area (Å²) in [5, 5.41) is 6.32. The van der Waals surface area contributed by atoms with Gasteiger partial charge in [0.2, 0.25) is 5.88 Å². The Bertz CT molecular complexity index is 1160. The first-order valence-corrected chi connectivity index (χ1v) is 11.5. The Morgan fingerprint density at radius 3 is 2.50 bits per heavy atom. The van der Waals surface area contributed by atoms with E-state index in [4.69, 9.17) is 14.5 Å². The third kappa shape index (κ3) is 4.89. The second-order valence-electron chi connectivity index (χ2n) is 9.47. The molecule has 1 saturated heterocycles. The number of hydrogen-bond acceptors (Lipinski definition) is 5. The summed E-state index contributed by atoms with van der Waals surface area (Å²) >= 11 is 0. The van der Waals surface area contributed by atoms with Crippen molar-refractivity contribution in [2.45, 2.75) is 32.1 Å². The molecule has 6 nitrogen and oxygen atoms in total. The highest BCUT2D eigenvalue weighted by Gasteiger charge is 2.55. The number of carbonyl (C=O) groups excluding carboxylic acids is 1. The van der Waals surface area contributed by atoms with Crippen LogP contribution >= 0.6 is 0 Å². The van der Waals surface area contributed by atoms with E-state index in [1.807, 2.05) is 56.3 Å². The van der Waals surface area contributed by atoms with Gasteiger partial charge in [-0.05, 0) is 55.3 Å². The molecule has 1 amide bonds. The summed E-state index contributed by atoms with van der Waals surface area (Å²) in [4.78, 5) is 17.3. The maximum Gasteiger partial charge on any atom is 0.408 e. The molecule has 2 aliphatic rings. The summed E-state index contributed by atoms with van der Waals surface area (Å²) < 4.78 is 25.2. The van der Waals surface area contributed by atoms with Gasteiger partial charge < -0.3 is 20.1 Å². The van der Waals surface area contributed by atoms with Gasteiger partial charge in [-0.15, -0.1) is 0 Å². The predicted octanol–water partition coefficient (Wildman–Crippen LogP) is 4.65. The molecule has 2 N–H and O–H groups in total. The van der Waals surface area contributed by atoms with Gasteiger partial charge in [0.25, 0.3) is 0 Å². The molecule has 2 unspecified atom stereocenters. The van der Waals surface area contributed by atoms with Crippen molar-refractivity contribution in [3.63, 3.8) is 0 Å². The highest BCUT2D eigenvalue weighted by molar-refractivity contribution is 5.69. The van der Waals surface area contributed by atoms with E-state index in [-0.39, 0.29) is 18.5 Å². The molecule has 0 bridgehead atoms.